The summed E-state index contributed by atoms with van der Waals surface area (Å²) in [5.41, 5.74) is 4.52. The third-order valence-corrected chi connectivity index (χ3v) is 14.3. The van der Waals surface area contributed by atoms with Gasteiger partial charge in [-0.25, -0.2) is 0 Å². The van der Waals surface area contributed by atoms with Crippen molar-refractivity contribution in [2.75, 3.05) is 39.3 Å². The van der Waals surface area contributed by atoms with Gasteiger partial charge in [0, 0.05) is 39.3 Å². The van der Waals surface area contributed by atoms with Gasteiger partial charge in [0.15, 0.2) is 0 Å². The highest BCUT2D eigenvalue weighted by Crippen LogP contribution is 2.74. The predicted octanol–water partition coefficient (Wildman–Crippen LogP) is 6.95. The first kappa shape index (κ1) is 28.3. The number of hydrogen-bond acceptors (Lipinski definition) is 3. The zero-order valence-electron chi connectivity index (χ0n) is 26.3. The molecule has 0 aromatic heterocycles. The van der Waals surface area contributed by atoms with E-state index in [1.54, 1.807) is 11.1 Å². The molecule has 1 aliphatic heterocycles. The van der Waals surface area contributed by atoms with Crippen molar-refractivity contribution >= 4 is 5.91 Å². The molecule has 2 N–H and O–H groups in total. The normalized spacial score (nSPS) is 45.9. The van der Waals surface area contributed by atoms with E-state index in [-0.39, 0.29) is 10.8 Å². The first-order valence-electron chi connectivity index (χ1n) is 16.9. The molecule has 4 nitrogen and oxygen atoms in total. The van der Waals surface area contributed by atoms with E-state index in [0.717, 1.165) is 76.3 Å². The van der Waals surface area contributed by atoms with Crippen LogP contribution in [0.4, 0.5) is 0 Å². The summed E-state index contributed by atoms with van der Waals surface area (Å²) in [6, 6.07) is 0. The second kappa shape index (κ2) is 9.85. The number of piperazine rings is 1. The molecule has 5 fully saturated rings. The third kappa shape index (κ3) is 4.31. The van der Waals surface area contributed by atoms with Crippen LogP contribution in [0.25, 0.3) is 0 Å². The van der Waals surface area contributed by atoms with Crippen LogP contribution in [-0.4, -0.2) is 50.1 Å². The van der Waals surface area contributed by atoms with Crippen molar-refractivity contribution in [1.82, 2.24) is 15.5 Å². The molecule has 1 saturated heterocycles. The number of carbonyl (C=O) groups excluding carboxylic acids is 1. The molecule has 1 amide bonds. The number of allylic oxidation sites excluding steroid dienone is 1. The number of rotatable bonds is 4. The molecule has 39 heavy (non-hydrogen) atoms. The van der Waals surface area contributed by atoms with Crippen LogP contribution < -0.4 is 10.6 Å². The Labute approximate surface area is 239 Å². The number of fused-ring (bicyclic) bond motifs is 6. The van der Waals surface area contributed by atoms with Crippen LogP contribution in [0, 0.1) is 44.8 Å². The molecule has 7 atom stereocenters. The predicted molar refractivity (Wildman–Crippen MR) is 161 cm³/mol. The minimum atomic E-state index is -0.253. The topological polar surface area (TPSA) is 44.4 Å². The maximum absolute atomic E-state index is 14.2. The van der Waals surface area contributed by atoms with Gasteiger partial charge in [0.25, 0.3) is 0 Å². The summed E-state index contributed by atoms with van der Waals surface area (Å²) in [5.74, 6) is 3.00. The first-order chi connectivity index (χ1) is 18.5. The van der Waals surface area contributed by atoms with Crippen molar-refractivity contribution in [3.05, 3.63) is 11.1 Å². The summed E-state index contributed by atoms with van der Waals surface area (Å²) in [7, 11) is 0. The van der Waals surface area contributed by atoms with E-state index in [1.165, 1.54) is 57.8 Å². The number of carbonyl (C=O) groups is 1. The maximum Gasteiger partial charge on any atom is 0.230 e. The fraction of sp³-hybridized carbons (Fsp3) is 0.914. The quantitative estimate of drug-likeness (QED) is 0.381. The van der Waals surface area contributed by atoms with Gasteiger partial charge < -0.3 is 10.6 Å². The van der Waals surface area contributed by atoms with Crippen LogP contribution in [-0.2, 0) is 4.79 Å². The molecule has 0 radical (unpaired) electrons. The summed E-state index contributed by atoms with van der Waals surface area (Å²) in [6.07, 6.45) is 15.3. The Morgan fingerprint density at radius 2 is 1.67 bits per heavy atom. The van der Waals surface area contributed by atoms with Gasteiger partial charge >= 0.3 is 0 Å². The summed E-state index contributed by atoms with van der Waals surface area (Å²) in [4.78, 5) is 16.7. The smallest absolute Gasteiger partial charge is 0.230 e. The highest BCUT2D eigenvalue weighted by Gasteiger charge is 2.66. The molecule has 4 saturated carbocycles. The zero-order valence-corrected chi connectivity index (χ0v) is 26.3. The van der Waals surface area contributed by atoms with E-state index in [1.807, 2.05) is 0 Å². The fourth-order valence-corrected chi connectivity index (χ4v) is 11.8. The van der Waals surface area contributed by atoms with Crippen molar-refractivity contribution in [2.45, 2.75) is 119 Å². The molecule has 0 aromatic rings. The Kier molecular flexibility index (Phi) is 7.14. The van der Waals surface area contributed by atoms with Crippen LogP contribution in [0.15, 0.2) is 11.1 Å². The monoisotopic (exact) mass is 537 g/mol. The molecule has 5 aliphatic carbocycles. The molecule has 0 spiro atoms. The lowest BCUT2D eigenvalue weighted by Gasteiger charge is -2.69. The van der Waals surface area contributed by atoms with Gasteiger partial charge in [-0.1, -0.05) is 65.5 Å². The van der Waals surface area contributed by atoms with E-state index >= 15 is 0 Å². The number of hydrogen-bond donors (Lipinski definition) is 2. The third-order valence-electron chi connectivity index (χ3n) is 14.3. The van der Waals surface area contributed by atoms with Crippen LogP contribution in [0.5, 0.6) is 0 Å². The number of nitrogens with zero attached hydrogens (tertiary/aromatic N) is 1. The minimum Gasteiger partial charge on any atom is -0.354 e. The molecular formula is C35H59N3O. The van der Waals surface area contributed by atoms with Gasteiger partial charge in [-0.3, -0.25) is 9.69 Å². The lowest BCUT2D eigenvalue weighted by Crippen LogP contribution is -2.62. The van der Waals surface area contributed by atoms with Crippen LogP contribution in [0.2, 0.25) is 0 Å². The minimum absolute atomic E-state index is 0.248. The van der Waals surface area contributed by atoms with Gasteiger partial charge in [0.05, 0.1) is 5.41 Å². The van der Waals surface area contributed by atoms with Crippen molar-refractivity contribution < 1.29 is 4.79 Å². The Bertz CT molecular complexity index is 996. The van der Waals surface area contributed by atoms with E-state index in [9.17, 15) is 4.79 Å². The largest absolute Gasteiger partial charge is 0.354 e. The lowest BCUT2D eigenvalue weighted by atomic mass is 9.35. The summed E-state index contributed by atoms with van der Waals surface area (Å²) in [5, 5.41) is 6.95. The molecule has 6 aliphatic rings. The van der Waals surface area contributed by atoms with Crippen molar-refractivity contribution in [1.29, 1.82) is 0 Å². The molecule has 0 bridgehead atoms. The van der Waals surface area contributed by atoms with E-state index < -0.39 is 0 Å². The zero-order chi connectivity index (χ0) is 27.7. The molecule has 6 rings (SSSR count). The molecule has 4 heteroatoms. The Morgan fingerprint density at radius 1 is 0.923 bits per heavy atom. The second-order valence-corrected chi connectivity index (χ2v) is 16.6. The Balaban J connectivity index is 1.31. The Hall–Kier alpha value is -0.870. The standard InChI is InChI=1S/C35H59N3O/c1-25-8-7-12-32(4)26(25)11-13-34(6)29(32)10-9-27-28-24-31(2,3)14-16-35(28,17-15-33(27,34)5)30(39)37-20-23-38-21-18-36-19-22-38/h25-26,29,36H,7-24H2,1-6H3,(H,37,39)/t25?,26?,29?,32?,33-,34?,35?/m1/s1. The fourth-order valence-electron chi connectivity index (χ4n) is 11.8. The van der Waals surface area contributed by atoms with Crippen LogP contribution in [0.3, 0.4) is 0 Å². The highest BCUT2D eigenvalue weighted by atomic mass is 16.2. The summed E-state index contributed by atoms with van der Waals surface area (Å²) < 4.78 is 0. The molecule has 6 unspecified atom stereocenters. The maximum atomic E-state index is 14.2. The van der Waals surface area contributed by atoms with Crippen molar-refractivity contribution in [2.24, 2.45) is 44.8 Å². The average Bonchev–Trinajstić information content (AvgIpc) is 2.89. The van der Waals surface area contributed by atoms with Gasteiger partial charge in [-0.15, -0.1) is 0 Å². The van der Waals surface area contributed by atoms with Crippen LogP contribution in [0.1, 0.15) is 119 Å². The SMILES string of the molecule is CC1CCCC2(C)C1CCC1(C)C2CCC2=C3CC(C)(C)CCC3(C(=O)NCCN3CCNCC3)CC[C@]21C. The van der Waals surface area contributed by atoms with Crippen molar-refractivity contribution in [3.63, 3.8) is 0 Å². The molecule has 220 valence electrons. The first-order valence-corrected chi connectivity index (χ1v) is 16.9. The average molecular weight is 538 g/mol. The summed E-state index contributed by atoms with van der Waals surface area (Å²) in [6.45, 7) is 21.7. The summed E-state index contributed by atoms with van der Waals surface area (Å²) >= 11 is 0. The van der Waals surface area contributed by atoms with Crippen molar-refractivity contribution in [3.8, 4) is 0 Å². The number of amides is 1. The van der Waals surface area contributed by atoms with E-state index in [0.29, 0.717) is 22.2 Å². The van der Waals surface area contributed by atoms with Crippen LogP contribution >= 0.6 is 0 Å². The lowest BCUT2D eigenvalue weighted by molar-refractivity contribution is -0.165. The molecule has 1 heterocycles. The van der Waals surface area contributed by atoms with E-state index in [4.69, 9.17) is 0 Å². The second-order valence-electron chi connectivity index (χ2n) is 16.6. The van der Waals surface area contributed by atoms with Gasteiger partial charge in [0.1, 0.15) is 0 Å². The van der Waals surface area contributed by atoms with Gasteiger partial charge in [0.2, 0.25) is 5.91 Å². The number of nitrogens with one attached hydrogen (secondary N) is 2. The van der Waals surface area contributed by atoms with Gasteiger partial charge in [-0.2, -0.15) is 0 Å². The Morgan fingerprint density at radius 3 is 2.44 bits per heavy atom. The molecule has 0 aromatic carbocycles. The van der Waals surface area contributed by atoms with Gasteiger partial charge in [-0.05, 0) is 104 Å². The highest BCUT2D eigenvalue weighted by molar-refractivity contribution is 5.87. The molecular weight excluding hydrogens is 478 g/mol. The van der Waals surface area contributed by atoms with E-state index in [2.05, 4.69) is 57.1 Å².